The first-order valence-corrected chi connectivity index (χ1v) is 9.62. The van der Waals surface area contributed by atoms with Gasteiger partial charge in [0.2, 0.25) is 0 Å². The molecule has 2 N–H and O–H groups in total. The summed E-state index contributed by atoms with van der Waals surface area (Å²) in [4.78, 5) is 14.3. The Bertz CT molecular complexity index is 735. The maximum atomic E-state index is 12.7. The zero-order chi connectivity index (χ0) is 18.7. The number of amides is 1. The number of hydrogen-bond donors (Lipinski definition) is 2. The fraction of sp³-hybridized carbons (Fsp3) is 0.500. The molecule has 1 amide bonds. The van der Waals surface area contributed by atoms with Crippen molar-refractivity contribution in [1.29, 1.82) is 0 Å². The molecule has 0 spiro atoms. The molecule has 0 atom stereocenters. The molecule has 3 rings (SSSR count). The molecule has 4 nitrogen and oxygen atoms in total. The van der Waals surface area contributed by atoms with E-state index in [-0.39, 0.29) is 17.4 Å². The fourth-order valence-corrected chi connectivity index (χ4v) is 3.57. The number of carbonyl (C=O) groups is 1. The number of piperidine rings is 1. The smallest absolute Gasteiger partial charge is 0.255 e. The third kappa shape index (κ3) is 4.55. The SMILES string of the molecule is Cc1oc(C(C)(C)C)cc1C(=O)NC1CC[NH+](Cc2ccccc2)CC1. The first kappa shape index (κ1) is 18.7. The molecule has 1 saturated heterocycles. The number of likely N-dealkylation sites (tertiary alicyclic amines) is 1. The van der Waals surface area contributed by atoms with Crippen molar-refractivity contribution >= 4 is 5.91 Å². The highest BCUT2D eigenvalue weighted by Crippen LogP contribution is 2.27. The van der Waals surface area contributed by atoms with Crippen LogP contribution in [-0.4, -0.2) is 25.0 Å². The van der Waals surface area contributed by atoms with Crippen molar-refractivity contribution in [2.75, 3.05) is 13.1 Å². The Morgan fingerprint density at radius 1 is 1.19 bits per heavy atom. The Hall–Kier alpha value is -2.07. The van der Waals surface area contributed by atoms with Crippen LogP contribution >= 0.6 is 0 Å². The van der Waals surface area contributed by atoms with Gasteiger partial charge in [0.1, 0.15) is 18.1 Å². The highest BCUT2D eigenvalue weighted by Gasteiger charge is 2.27. The summed E-state index contributed by atoms with van der Waals surface area (Å²) in [6.07, 6.45) is 2.05. The van der Waals surface area contributed by atoms with Crippen molar-refractivity contribution in [2.45, 2.75) is 58.5 Å². The van der Waals surface area contributed by atoms with E-state index in [1.807, 2.05) is 13.0 Å². The highest BCUT2D eigenvalue weighted by atomic mass is 16.3. The summed E-state index contributed by atoms with van der Waals surface area (Å²) in [5, 5.41) is 3.21. The monoisotopic (exact) mass is 355 g/mol. The van der Waals surface area contributed by atoms with Crippen LogP contribution in [0, 0.1) is 6.92 Å². The molecule has 1 aliphatic heterocycles. The van der Waals surface area contributed by atoms with Crippen molar-refractivity contribution in [2.24, 2.45) is 0 Å². The molecule has 26 heavy (non-hydrogen) atoms. The van der Waals surface area contributed by atoms with E-state index >= 15 is 0 Å². The van der Waals surface area contributed by atoms with Gasteiger partial charge in [-0.3, -0.25) is 4.79 Å². The van der Waals surface area contributed by atoms with E-state index in [1.54, 1.807) is 4.90 Å². The van der Waals surface area contributed by atoms with Crippen LogP contribution in [0.4, 0.5) is 0 Å². The minimum Gasteiger partial charge on any atom is -0.465 e. The molecule has 0 aliphatic carbocycles. The lowest BCUT2D eigenvalue weighted by Gasteiger charge is -2.29. The Morgan fingerprint density at radius 3 is 2.42 bits per heavy atom. The number of rotatable bonds is 4. The van der Waals surface area contributed by atoms with E-state index in [4.69, 9.17) is 4.42 Å². The van der Waals surface area contributed by atoms with Gasteiger partial charge < -0.3 is 14.6 Å². The summed E-state index contributed by atoms with van der Waals surface area (Å²) in [7, 11) is 0. The second-order valence-corrected chi connectivity index (χ2v) is 8.49. The normalized spacial score (nSPS) is 20.8. The summed E-state index contributed by atoms with van der Waals surface area (Å²) in [5.41, 5.74) is 1.97. The van der Waals surface area contributed by atoms with Crippen LogP contribution in [0.15, 0.2) is 40.8 Å². The molecular formula is C22H31N2O2+. The first-order valence-electron chi connectivity index (χ1n) is 9.62. The molecule has 0 bridgehead atoms. The molecule has 1 aromatic heterocycles. The molecule has 0 radical (unpaired) electrons. The quantitative estimate of drug-likeness (QED) is 0.886. The van der Waals surface area contributed by atoms with Crippen LogP contribution in [0.5, 0.6) is 0 Å². The number of hydrogen-bond acceptors (Lipinski definition) is 2. The van der Waals surface area contributed by atoms with Crippen LogP contribution in [0.2, 0.25) is 0 Å². The molecule has 140 valence electrons. The molecular weight excluding hydrogens is 324 g/mol. The Labute approximate surface area is 156 Å². The van der Waals surface area contributed by atoms with Gasteiger partial charge in [-0.1, -0.05) is 51.1 Å². The standard InChI is InChI=1S/C22H30N2O2/c1-16-19(14-20(26-16)22(2,3)4)21(25)23-18-10-12-24(13-11-18)15-17-8-6-5-7-9-17/h5-9,14,18H,10-13,15H2,1-4H3,(H,23,25)/p+1. The summed E-state index contributed by atoms with van der Waals surface area (Å²) in [6.45, 7) is 11.4. The lowest BCUT2D eigenvalue weighted by atomic mass is 9.93. The van der Waals surface area contributed by atoms with Crippen molar-refractivity contribution in [3.8, 4) is 0 Å². The predicted molar refractivity (Wildman–Crippen MR) is 103 cm³/mol. The topological polar surface area (TPSA) is 46.7 Å². The van der Waals surface area contributed by atoms with E-state index in [0.717, 1.165) is 38.2 Å². The molecule has 2 aromatic rings. The Kier molecular flexibility index (Phi) is 5.52. The van der Waals surface area contributed by atoms with Crippen LogP contribution in [0.3, 0.4) is 0 Å². The van der Waals surface area contributed by atoms with Gasteiger partial charge >= 0.3 is 0 Å². The van der Waals surface area contributed by atoms with Crippen LogP contribution in [0.1, 0.15) is 61.1 Å². The lowest BCUT2D eigenvalue weighted by Crippen LogP contribution is -3.12. The van der Waals surface area contributed by atoms with E-state index in [1.165, 1.54) is 5.56 Å². The van der Waals surface area contributed by atoms with Crippen LogP contribution < -0.4 is 10.2 Å². The molecule has 0 unspecified atom stereocenters. The number of nitrogens with one attached hydrogen (secondary N) is 2. The van der Waals surface area contributed by atoms with Gasteiger partial charge in [0.25, 0.3) is 5.91 Å². The van der Waals surface area contributed by atoms with Crippen molar-refractivity contribution in [1.82, 2.24) is 5.32 Å². The second kappa shape index (κ2) is 7.67. The molecule has 0 saturated carbocycles. The molecule has 1 fully saturated rings. The van der Waals surface area contributed by atoms with Gasteiger partial charge in [0, 0.05) is 29.9 Å². The molecule has 1 aliphatic rings. The highest BCUT2D eigenvalue weighted by molar-refractivity contribution is 5.95. The zero-order valence-corrected chi connectivity index (χ0v) is 16.4. The third-order valence-corrected chi connectivity index (χ3v) is 5.23. The Morgan fingerprint density at radius 2 is 1.85 bits per heavy atom. The molecule has 1 aromatic carbocycles. The van der Waals surface area contributed by atoms with Crippen molar-refractivity contribution in [3.05, 3.63) is 59.0 Å². The predicted octanol–water partition coefficient (Wildman–Crippen LogP) is 2.86. The van der Waals surface area contributed by atoms with Gasteiger partial charge in [-0.05, 0) is 13.0 Å². The first-order chi connectivity index (χ1) is 12.3. The van der Waals surface area contributed by atoms with E-state index < -0.39 is 0 Å². The van der Waals surface area contributed by atoms with Gasteiger partial charge in [0.05, 0.1) is 18.7 Å². The van der Waals surface area contributed by atoms with Gasteiger partial charge in [-0.25, -0.2) is 0 Å². The number of aryl methyl sites for hydroxylation is 1. The minimum atomic E-state index is -0.0879. The Balaban J connectivity index is 1.53. The average molecular weight is 356 g/mol. The van der Waals surface area contributed by atoms with Crippen molar-refractivity contribution in [3.63, 3.8) is 0 Å². The third-order valence-electron chi connectivity index (χ3n) is 5.23. The zero-order valence-electron chi connectivity index (χ0n) is 16.4. The maximum Gasteiger partial charge on any atom is 0.255 e. The van der Waals surface area contributed by atoms with Crippen molar-refractivity contribution < 1.29 is 14.1 Å². The second-order valence-electron chi connectivity index (χ2n) is 8.49. The number of carbonyl (C=O) groups excluding carboxylic acids is 1. The fourth-order valence-electron chi connectivity index (χ4n) is 3.57. The number of benzene rings is 1. The van der Waals surface area contributed by atoms with Crippen LogP contribution in [-0.2, 0) is 12.0 Å². The molecule has 4 heteroatoms. The summed E-state index contributed by atoms with van der Waals surface area (Å²) >= 11 is 0. The average Bonchev–Trinajstić information content (AvgIpc) is 3.00. The van der Waals surface area contributed by atoms with Gasteiger partial charge in [0.15, 0.2) is 0 Å². The van der Waals surface area contributed by atoms with Gasteiger partial charge in [-0.2, -0.15) is 0 Å². The summed E-state index contributed by atoms with van der Waals surface area (Å²) in [6, 6.07) is 12.8. The summed E-state index contributed by atoms with van der Waals surface area (Å²) < 4.78 is 5.81. The van der Waals surface area contributed by atoms with Crippen LogP contribution in [0.25, 0.3) is 0 Å². The lowest BCUT2D eigenvalue weighted by molar-refractivity contribution is -0.918. The number of furan rings is 1. The number of quaternary nitrogens is 1. The van der Waals surface area contributed by atoms with E-state index in [2.05, 4.69) is 56.4 Å². The van der Waals surface area contributed by atoms with Gasteiger partial charge in [-0.15, -0.1) is 0 Å². The van der Waals surface area contributed by atoms with E-state index in [0.29, 0.717) is 11.3 Å². The molecule has 2 heterocycles. The summed E-state index contributed by atoms with van der Waals surface area (Å²) in [5.74, 6) is 1.57. The largest absolute Gasteiger partial charge is 0.465 e. The maximum absolute atomic E-state index is 12.7. The van der Waals surface area contributed by atoms with E-state index in [9.17, 15) is 4.79 Å². The minimum absolute atomic E-state index is 0.00161.